The average Bonchev–Trinajstić information content (AvgIpc) is 2.97. The quantitative estimate of drug-likeness (QED) is 0.516. The number of carbonyl (C=O) groups excluding carboxylic acids is 1. The summed E-state index contributed by atoms with van der Waals surface area (Å²) in [6.07, 6.45) is 1.87. The number of aromatic nitrogens is 1. The summed E-state index contributed by atoms with van der Waals surface area (Å²) >= 11 is 0. The van der Waals surface area contributed by atoms with Crippen molar-refractivity contribution in [2.45, 2.75) is 0 Å². The maximum absolute atomic E-state index is 12.6. The Morgan fingerprint density at radius 1 is 0.958 bits per heavy atom. The van der Waals surface area contributed by atoms with Crippen LogP contribution < -0.4 is 4.74 Å². The summed E-state index contributed by atoms with van der Waals surface area (Å²) in [4.78, 5) is 12.6. The van der Waals surface area contributed by atoms with Gasteiger partial charge >= 0.3 is 0 Å². The van der Waals surface area contributed by atoms with Gasteiger partial charge in [-0.15, -0.1) is 0 Å². The largest absolute Gasteiger partial charge is 0.485 e. The van der Waals surface area contributed by atoms with E-state index in [1.54, 1.807) is 0 Å². The van der Waals surface area contributed by atoms with Gasteiger partial charge in [-0.1, -0.05) is 48.5 Å². The number of aryl methyl sites for hydroxylation is 1. The van der Waals surface area contributed by atoms with Crippen molar-refractivity contribution in [1.29, 1.82) is 0 Å². The molecule has 3 heteroatoms. The van der Waals surface area contributed by atoms with Gasteiger partial charge in [0.05, 0.1) is 0 Å². The highest BCUT2D eigenvalue weighted by molar-refractivity contribution is 6.08. The number of hydrogen-bond acceptors (Lipinski definition) is 2. The molecule has 0 atom stereocenters. The van der Waals surface area contributed by atoms with Gasteiger partial charge in [0.1, 0.15) is 5.75 Å². The Bertz CT molecular complexity index is 1050. The number of ether oxygens (including phenoxy) is 1. The molecule has 1 heterocycles. The molecular weight excluding hydrogens is 298 g/mol. The standard InChI is InChI=1S/C21H17NO2/c1-22-13-19(18-8-4-5-9-20(18)22)21(23)14-24-17-11-10-15-6-2-3-7-16(15)12-17/h2-13H,14H2,1H3. The minimum Gasteiger partial charge on any atom is -0.485 e. The minimum atomic E-state index is -0.0139. The molecule has 0 aliphatic heterocycles. The Balaban J connectivity index is 1.57. The Morgan fingerprint density at radius 3 is 2.58 bits per heavy atom. The van der Waals surface area contributed by atoms with E-state index < -0.39 is 0 Å². The van der Waals surface area contributed by atoms with Crippen molar-refractivity contribution in [3.63, 3.8) is 0 Å². The van der Waals surface area contributed by atoms with Gasteiger partial charge in [-0.2, -0.15) is 0 Å². The first-order valence-corrected chi connectivity index (χ1v) is 7.91. The molecule has 24 heavy (non-hydrogen) atoms. The van der Waals surface area contributed by atoms with Gasteiger partial charge < -0.3 is 9.30 Å². The van der Waals surface area contributed by atoms with Crippen molar-refractivity contribution in [3.8, 4) is 5.75 Å². The van der Waals surface area contributed by atoms with Gasteiger partial charge in [0.2, 0.25) is 5.78 Å². The SMILES string of the molecule is Cn1cc(C(=O)COc2ccc3ccccc3c2)c2ccccc21. The summed E-state index contributed by atoms with van der Waals surface area (Å²) in [6, 6.07) is 21.9. The van der Waals surface area contributed by atoms with E-state index in [0.29, 0.717) is 11.3 Å². The van der Waals surface area contributed by atoms with E-state index in [0.717, 1.165) is 21.7 Å². The van der Waals surface area contributed by atoms with Crippen LogP contribution in [0, 0.1) is 0 Å². The molecule has 0 unspecified atom stereocenters. The molecule has 0 spiro atoms. The first-order valence-electron chi connectivity index (χ1n) is 7.91. The number of para-hydroxylation sites is 1. The summed E-state index contributed by atoms with van der Waals surface area (Å²) < 4.78 is 7.70. The Morgan fingerprint density at radius 2 is 1.71 bits per heavy atom. The number of rotatable bonds is 4. The van der Waals surface area contributed by atoms with Gasteiger partial charge in [0.25, 0.3) is 0 Å². The number of Topliss-reactive ketones (excluding diaryl/α,β-unsaturated/α-hetero) is 1. The predicted molar refractivity (Wildman–Crippen MR) is 96.7 cm³/mol. The van der Waals surface area contributed by atoms with Crippen molar-refractivity contribution in [2.75, 3.05) is 6.61 Å². The lowest BCUT2D eigenvalue weighted by Crippen LogP contribution is -2.11. The van der Waals surface area contributed by atoms with Crippen LogP contribution >= 0.6 is 0 Å². The van der Waals surface area contributed by atoms with Crippen LogP contribution in [0.25, 0.3) is 21.7 Å². The normalized spacial score (nSPS) is 11.0. The molecule has 3 aromatic carbocycles. The van der Waals surface area contributed by atoms with E-state index in [-0.39, 0.29) is 12.4 Å². The molecule has 0 N–H and O–H groups in total. The van der Waals surface area contributed by atoms with Gasteiger partial charge in [0, 0.05) is 29.7 Å². The van der Waals surface area contributed by atoms with Crippen LogP contribution in [0.1, 0.15) is 10.4 Å². The third-order valence-corrected chi connectivity index (χ3v) is 4.29. The number of hydrogen-bond donors (Lipinski definition) is 0. The Labute approximate surface area is 140 Å². The molecule has 0 fully saturated rings. The van der Waals surface area contributed by atoms with Gasteiger partial charge in [-0.25, -0.2) is 0 Å². The van der Waals surface area contributed by atoms with Gasteiger partial charge in [-0.3, -0.25) is 4.79 Å². The van der Waals surface area contributed by atoms with E-state index in [4.69, 9.17) is 4.74 Å². The second kappa shape index (κ2) is 5.85. The topological polar surface area (TPSA) is 31.2 Å². The molecule has 0 saturated carbocycles. The highest BCUT2D eigenvalue weighted by Gasteiger charge is 2.14. The molecule has 4 aromatic rings. The summed E-state index contributed by atoms with van der Waals surface area (Å²) in [6.45, 7) is 0.0341. The van der Waals surface area contributed by atoms with Crippen molar-refractivity contribution in [1.82, 2.24) is 4.57 Å². The van der Waals surface area contributed by atoms with Crippen molar-refractivity contribution in [3.05, 3.63) is 78.5 Å². The van der Waals surface area contributed by atoms with Crippen LogP contribution in [0.2, 0.25) is 0 Å². The number of ketones is 1. The first-order chi connectivity index (χ1) is 11.7. The fourth-order valence-corrected chi connectivity index (χ4v) is 3.05. The molecule has 1 aromatic heterocycles. The third kappa shape index (κ3) is 2.54. The minimum absolute atomic E-state index is 0.0139. The van der Waals surface area contributed by atoms with E-state index >= 15 is 0 Å². The first kappa shape index (κ1) is 14.5. The highest BCUT2D eigenvalue weighted by atomic mass is 16.5. The van der Waals surface area contributed by atoms with Crippen LogP contribution in [0.3, 0.4) is 0 Å². The smallest absolute Gasteiger partial charge is 0.202 e. The molecule has 0 bridgehead atoms. The van der Waals surface area contributed by atoms with E-state index in [1.807, 2.05) is 78.5 Å². The lowest BCUT2D eigenvalue weighted by atomic mass is 10.1. The molecular formula is C21H17NO2. The predicted octanol–water partition coefficient (Wildman–Crippen LogP) is 4.59. The molecule has 0 aliphatic rings. The maximum Gasteiger partial charge on any atom is 0.202 e. The Kier molecular flexibility index (Phi) is 3.54. The lowest BCUT2D eigenvalue weighted by Gasteiger charge is -2.06. The van der Waals surface area contributed by atoms with Gasteiger partial charge in [-0.05, 0) is 29.0 Å². The van der Waals surface area contributed by atoms with Gasteiger partial charge in [0.15, 0.2) is 6.61 Å². The molecule has 4 rings (SSSR count). The van der Waals surface area contributed by atoms with Crippen LogP contribution in [0.5, 0.6) is 5.75 Å². The fraction of sp³-hybridized carbons (Fsp3) is 0.0952. The summed E-state index contributed by atoms with van der Waals surface area (Å²) in [5, 5.41) is 3.23. The van der Waals surface area contributed by atoms with Crippen molar-refractivity contribution >= 4 is 27.5 Å². The van der Waals surface area contributed by atoms with Crippen LogP contribution in [0.4, 0.5) is 0 Å². The number of nitrogens with zero attached hydrogens (tertiary/aromatic N) is 1. The molecule has 3 nitrogen and oxygen atoms in total. The lowest BCUT2D eigenvalue weighted by molar-refractivity contribution is 0.0923. The van der Waals surface area contributed by atoms with Crippen LogP contribution in [0.15, 0.2) is 72.9 Å². The molecule has 0 radical (unpaired) electrons. The second-order valence-electron chi connectivity index (χ2n) is 5.89. The number of benzene rings is 3. The maximum atomic E-state index is 12.6. The molecule has 0 aliphatic carbocycles. The zero-order valence-electron chi connectivity index (χ0n) is 13.4. The third-order valence-electron chi connectivity index (χ3n) is 4.29. The fourth-order valence-electron chi connectivity index (χ4n) is 3.05. The second-order valence-corrected chi connectivity index (χ2v) is 5.89. The van der Waals surface area contributed by atoms with E-state index in [1.165, 1.54) is 0 Å². The summed E-state index contributed by atoms with van der Waals surface area (Å²) in [5.41, 5.74) is 1.75. The highest BCUT2D eigenvalue weighted by Crippen LogP contribution is 2.23. The molecule has 0 saturated heterocycles. The van der Waals surface area contributed by atoms with Crippen molar-refractivity contribution in [2.24, 2.45) is 7.05 Å². The average molecular weight is 315 g/mol. The van der Waals surface area contributed by atoms with Crippen molar-refractivity contribution < 1.29 is 9.53 Å². The van der Waals surface area contributed by atoms with E-state index in [9.17, 15) is 4.79 Å². The zero-order chi connectivity index (χ0) is 16.5. The summed E-state index contributed by atoms with van der Waals surface area (Å²) in [5.74, 6) is 0.697. The molecule has 118 valence electrons. The van der Waals surface area contributed by atoms with Crippen LogP contribution in [-0.4, -0.2) is 17.0 Å². The van der Waals surface area contributed by atoms with Crippen LogP contribution in [-0.2, 0) is 7.05 Å². The monoisotopic (exact) mass is 315 g/mol. The number of fused-ring (bicyclic) bond motifs is 2. The Hall–Kier alpha value is -3.07. The molecule has 0 amide bonds. The number of carbonyl (C=O) groups is 1. The summed E-state index contributed by atoms with van der Waals surface area (Å²) in [7, 11) is 1.95. The van der Waals surface area contributed by atoms with E-state index in [2.05, 4.69) is 6.07 Å². The zero-order valence-corrected chi connectivity index (χ0v) is 13.4.